The molecule has 8 heteroatoms. The van der Waals surface area contributed by atoms with Gasteiger partial charge in [-0.3, -0.25) is 9.59 Å². The quantitative estimate of drug-likeness (QED) is 0.849. The molecule has 0 radical (unpaired) electrons. The van der Waals surface area contributed by atoms with Gasteiger partial charge in [0.05, 0.1) is 0 Å². The maximum atomic E-state index is 12.0. The largest absolute Gasteiger partial charge is 0.448 e. The number of amides is 2. The third kappa shape index (κ3) is 4.53. The number of nitrogens with one attached hydrogen (secondary N) is 1. The molecule has 0 spiro atoms. The van der Waals surface area contributed by atoms with Crippen LogP contribution in [0.5, 0.6) is 0 Å². The average Bonchev–Trinajstić information content (AvgIpc) is 2.49. The molecule has 0 unspecified atom stereocenters. The molecule has 7 nitrogen and oxygen atoms in total. The number of benzene rings is 1. The van der Waals surface area contributed by atoms with Crippen LogP contribution in [0.4, 0.5) is 5.69 Å². The van der Waals surface area contributed by atoms with Gasteiger partial charge in [-0.25, -0.2) is 9.80 Å². The maximum absolute atomic E-state index is 12.0. The highest BCUT2D eigenvalue weighted by molar-refractivity contribution is 6.37. The Hall–Kier alpha value is -2.41. The van der Waals surface area contributed by atoms with Gasteiger partial charge in [0.25, 0.3) is 5.91 Å². The molecule has 23 heavy (non-hydrogen) atoms. The first kappa shape index (κ1) is 17.0. The molecule has 1 aliphatic rings. The number of carbonyl (C=O) groups excluding carboxylic acids is 3. The van der Waals surface area contributed by atoms with Crippen molar-refractivity contribution in [2.24, 2.45) is 5.10 Å². The van der Waals surface area contributed by atoms with E-state index < -0.39 is 18.0 Å². The average molecular weight is 338 g/mol. The van der Waals surface area contributed by atoms with E-state index in [1.165, 1.54) is 14.0 Å². The molecule has 1 N–H and O–H groups in total. The molecule has 2 amide bonds. The summed E-state index contributed by atoms with van der Waals surface area (Å²) in [5.74, 6) is -1.37. The second-order valence-electron chi connectivity index (χ2n) is 5.01. The molecule has 1 aliphatic heterocycles. The van der Waals surface area contributed by atoms with Crippen LogP contribution >= 0.6 is 11.6 Å². The van der Waals surface area contributed by atoms with Crippen molar-refractivity contribution in [1.29, 1.82) is 0 Å². The van der Waals surface area contributed by atoms with Crippen molar-refractivity contribution in [3.05, 3.63) is 29.3 Å². The highest BCUT2D eigenvalue weighted by Crippen LogP contribution is 2.15. The van der Waals surface area contributed by atoms with Gasteiger partial charge < -0.3 is 10.1 Å². The topological polar surface area (TPSA) is 88.1 Å². The Morgan fingerprint density at radius 3 is 2.78 bits per heavy atom. The van der Waals surface area contributed by atoms with Crippen molar-refractivity contribution in [1.82, 2.24) is 5.01 Å². The van der Waals surface area contributed by atoms with E-state index >= 15 is 0 Å². The lowest BCUT2D eigenvalue weighted by molar-refractivity contribution is -0.146. The van der Waals surface area contributed by atoms with Gasteiger partial charge in [0, 0.05) is 30.6 Å². The van der Waals surface area contributed by atoms with Crippen LogP contribution in [0.2, 0.25) is 5.02 Å². The molecular weight excluding hydrogens is 322 g/mol. The lowest BCUT2D eigenvalue weighted by Gasteiger charge is -2.20. The minimum Gasteiger partial charge on any atom is -0.448 e. The molecular formula is C15H16ClN3O4. The fourth-order valence-corrected chi connectivity index (χ4v) is 2.10. The second-order valence-corrected chi connectivity index (χ2v) is 5.45. The monoisotopic (exact) mass is 337 g/mol. The highest BCUT2D eigenvalue weighted by Gasteiger charge is 2.26. The van der Waals surface area contributed by atoms with E-state index in [1.54, 1.807) is 24.3 Å². The molecule has 122 valence electrons. The number of carbonyl (C=O) groups is 3. The number of anilines is 1. The van der Waals surface area contributed by atoms with Gasteiger partial charge in [-0.15, -0.1) is 0 Å². The number of hydrogen-bond acceptors (Lipinski definition) is 5. The number of nitrogens with zero attached hydrogens (tertiary/aromatic N) is 2. The van der Waals surface area contributed by atoms with Crippen LogP contribution in [0.3, 0.4) is 0 Å². The van der Waals surface area contributed by atoms with Gasteiger partial charge in [-0.1, -0.05) is 17.7 Å². The van der Waals surface area contributed by atoms with Crippen LogP contribution in [0.1, 0.15) is 19.8 Å². The van der Waals surface area contributed by atoms with Crippen molar-refractivity contribution >= 4 is 40.8 Å². The van der Waals surface area contributed by atoms with E-state index in [4.69, 9.17) is 16.3 Å². The number of ether oxygens (including phenoxy) is 1. The van der Waals surface area contributed by atoms with Gasteiger partial charge in [-0.2, -0.15) is 5.10 Å². The fraction of sp³-hybridized carbons (Fsp3) is 0.333. The van der Waals surface area contributed by atoms with Crippen molar-refractivity contribution in [3.8, 4) is 0 Å². The standard InChI is InChI=1S/C15H16ClN3O4/c1-9(14(21)17-11-5-3-4-10(16)8-11)23-15(22)12-6-7-13(20)19(2)18-12/h3-5,8-9H,6-7H2,1-2H3,(H,17,21)/t9-/m0/s1. The van der Waals surface area contributed by atoms with Crippen LogP contribution in [-0.4, -0.2) is 41.7 Å². The summed E-state index contributed by atoms with van der Waals surface area (Å²) in [6, 6.07) is 6.63. The molecule has 0 fully saturated rings. The van der Waals surface area contributed by atoms with E-state index in [1.807, 2.05) is 0 Å². The number of hydrazone groups is 1. The Kier molecular flexibility index (Phi) is 5.33. The summed E-state index contributed by atoms with van der Waals surface area (Å²) in [6.07, 6.45) is -0.620. The molecule has 1 heterocycles. The van der Waals surface area contributed by atoms with E-state index in [0.717, 1.165) is 5.01 Å². The minimum absolute atomic E-state index is 0.120. The zero-order valence-corrected chi connectivity index (χ0v) is 13.5. The zero-order chi connectivity index (χ0) is 17.0. The first-order valence-corrected chi connectivity index (χ1v) is 7.36. The van der Waals surface area contributed by atoms with Crippen molar-refractivity contribution in [2.75, 3.05) is 12.4 Å². The lowest BCUT2D eigenvalue weighted by Crippen LogP contribution is -2.36. The normalized spacial score (nSPS) is 15.7. The van der Waals surface area contributed by atoms with Crippen LogP contribution in [0.15, 0.2) is 29.4 Å². The summed E-state index contributed by atoms with van der Waals surface area (Å²) in [6.45, 7) is 1.45. The van der Waals surface area contributed by atoms with Crippen LogP contribution < -0.4 is 5.32 Å². The summed E-state index contributed by atoms with van der Waals surface area (Å²) < 4.78 is 5.08. The molecule has 1 aromatic rings. The highest BCUT2D eigenvalue weighted by atomic mass is 35.5. The smallest absolute Gasteiger partial charge is 0.355 e. The first-order chi connectivity index (χ1) is 10.9. The molecule has 0 bridgehead atoms. The third-order valence-electron chi connectivity index (χ3n) is 3.19. The number of esters is 1. The van der Waals surface area contributed by atoms with Crippen LogP contribution in [0, 0.1) is 0 Å². The summed E-state index contributed by atoms with van der Waals surface area (Å²) >= 11 is 5.83. The van der Waals surface area contributed by atoms with Gasteiger partial charge in [0.2, 0.25) is 5.91 Å². The Labute approximate surface area is 138 Å². The summed E-state index contributed by atoms with van der Waals surface area (Å²) in [5.41, 5.74) is 0.625. The Balaban J connectivity index is 1.94. The Morgan fingerprint density at radius 2 is 2.13 bits per heavy atom. The Bertz CT molecular complexity index is 674. The molecule has 1 atom stereocenters. The SMILES string of the molecule is C[C@H](OC(=O)C1=NN(C)C(=O)CC1)C(=O)Nc1cccc(Cl)c1. The summed E-state index contributed by atoms with van der Waals surface area (Å²) in [5, 5.41) is 8.03. The third-order valence-corrected chi connectivity index (χ3v) is 3.42. The predicted molar refractivity (Wildman–Crippen MR) is 85.1 cm³/mol. The first-order valence-electron chi connectivity index (χ1n) is 6.98. The fourth-order valence-electron chi connectivity index (χ4n) is 1.91. The van der Waals surface area contributed by atoms with Crippen molar-refractivity contribution < 1.29 is 19.1 Å². The van der Waals surface area contributed by atoms with Gasteiger partial charge >= 0.3 is 5.97 Å². The van der Waals surface area contributed by atoms with E-state index in [9.17, 15) is 14.4 Å². The van der Waals surface area contributed by atoms with E-state index in [2.05, 4.69) is 10.4 Å². The maximum Gasteiger partial charge on any atom is 0.355 e. The molecule has 2 rings (SSSR count). The molecule has 0 saturated heterocycles. The number of halogens is 1. The van der Waals surface area contributed by atoms with E-state index in [-0.39, 0.29) is 24.5 Å². The van der Waals surface area contributed by atoms with Gasteiger partial charge in [-0.05, 0) is 25.1 Å². The molecule has 0 saturated carbocycles. The number of rotatable bonds is 4. The molecule has 0 aromatic heterocycles. The van der Waals surface area contributed by atoms with Crippen molar-refractivity contribution in [2.45, 2.75) is 25.9 Å². The molecule has 0 aliphatic carbocycles. The zero-order valence-electron chi connectivity index (χ0n) is 12.7. The summed E-state index contributed by atoms with van der Waals surface area (Å²) in [4.78, 5) is 35.3. The van der Waals surface area contributed by atoms with Gasteiger partial charge in [0.1, 0.15) is 5.71 Å². The van der Waals surface area contributed by atoms with Crippen molar-refractivity contribution in [3.63, 3.8) is 0 Å². The number of hydrogen-bond donors (Lipinski definition) is 1. The van der Waals surface area contributed by atoms with Crippen LogP contribution in [0.25, 0.3) is 0 Å². The van der Waals surface area contributed by atoms with E-state index in [0.29, 0.717) is 10.7 Å². The Morgan fingerprint density at radius 1 is 1.39 bits per heavy atom. The summed E-state index contributed by atoms with van der Waals surface area (Å²) in [7, 11) is 1.46. The molecule has 1 aromatic carbocycles. The van der Waals surface area contributed by atoms with Crippen LogP contribution in [-0.2, 0) is 19.1 Å². The second kappa shape index (κ2) is 7.23. The predicted octanol–water partition coefficient (Wildman–Crippen LogP) is 1.82. The minimum atomic E-state index is -1.01. The lowest BCUT2D eigenvalue weighted by atomic mass is 10.2. The van der Waals surface area contributed by atoms with Gasteiger partial charge in [0.15, 0.2) is 6.10 Å².